The Hall–Kier alpha value is -12.2. The number of nitrogens with zero attached hydrogens (tertiary/aromatic N) is 16. The third kappa shape index (κ3) is 11.7. The number of aryl methyl sites for hydroxylation is 1. The van der Waals surface area contributed by atoms with Gasteiger partial charge < -0.3 is 21.1 Å². The Bertz CT molecular complexity index is 5090. The van der Waals surface area contributed by atoms with Gasteiger partial charge in [0, 0.05) is 49.3 Å². The number of hydrogen-bond acceptors (Lipinski definition) is 17. The van der Waals surface area contributed by atoms with E-state index in [4.69, 9.17) is 30.3 Å². The fourth-order valence-electron chi connectivity index (χ4n) is 16.0. The van der Waals surface area contributed by atoms with Crippen LogP contribution in [0.25, 0.3) is 17.0 Å². The number of nitrogens with one attached hydrogen (secondary N) is 3. The minimum Gasteiger partial charge on any atom is -0.508 e. The van der Waals surface area contributed by atoms with E-state index in [1.165, 1.54) is 11.6 Å². The average Bonchev–Trinajstić information content (AvgIpc) is 1.58. The van der Waals surface area contributed by atoms with Gasteiger partial charge in [0.15, 0.2) is 17.5 Å². The van der Waals surface area contributed by atoms with Gasteiger partial charge in [0.25, 0.3) is 17.7 Å². The minimum absolute atomic E-state index is 0.0353. The second-order valence-electron chi connectivity index (χ2n) is 27.9. The van der Waals surface area contributed by atoms with Crippen LogP contribution in [0.15, 0.2) is 204 Å². The maximum absolute atomic E-state index is 13.7. The maximum atomic E-state index is 13.7. The standard InChI is InChI=1S/C29H26FN7O.C26H26N6O2.C25H26N6O/c1-35-28(38)25-26(31-20-7-3-2-4-8-20)36(34-27(25)37-23-11-5-10-22(23)33-29(35)37)17-18-13-15-19(16-14-18)21-9-6-12-24(30)32-21;1-16(33)18-13-11-17(12-14-18)15-31-23(27-19-7-4-3-5-8-19)22-24(29-31)32-21-10-6-9-20(21)28-26(32)30(2)25(22)34;1-16-11-13-17(14-12-16)15-30-22(26-18-7-4-3-5-8-18)21-23(28-30)31-20-10-6-9-19(20)27-25(31)29(2)24(21)32/h2-4,6-9,12-16,22-23,31H,5,10-11,17H2,1H3;3-5,7-8,11-14,20-21,27,33H,1,6,9-10,15H2,2H3;3-5,7-8,11-14,19-20,26H,6,9-10,15H2,1-2H3/t22-,23+;20-,21+;19-,20+/m111/s1. The predicted molar refractivity (Wildman–Crippen MR) is 402 cm³/mol. The van der Waals surface area contributed by atoms with Crippen molar-refractivity contribution in [3.63, 3.8) is 0 Å². The van der Waals surface area contributed by atoms with Crippen molar-refractivity contribution in [3.05, 3.63) is 239 Å². The number of para-hydroxylation sites is 3. The van der Waals surface area contributed by atoms with Crippen molar-refractivity contribution in [1.82, 2.24) is 49.0 Å². The summed E-state index contributed by atoms with van der Waals surface area (Å²) < 4.78 is 19.3. The van der Waals surface area contributed by atoms with E-state index < -0.39 is 5.95 Å². The van der Waals surface area contributed by atoms with E-state index in [2.05, 4.69) is 73.4 Å². The summed E-state index contributed by atoms with van der Waals surface area (Å²) in [5.41, 5.74) is 10.9. The number of carbonyl (C=O) groups is 3. The molecule has 3 saturated carbocycles. The monoisotopic (exact) mass is 1390 g/mol. The van der Waals surface area contributed by atoms with Crippen LogP contribution in [-0.2, 0) is 19.6 Å². The molecule has 104 heavy (non-hydrogen) atoms. The Morgan fingerprint density at radius 2 is 0.798 bits per heavy atom. The summed E-state index contributed by atoms with van der Waals surface area (Å²) in [6, 6.07) is 59.6. The highest BCUT2D eigenvalue weighted by molar-refractivity contribution is 6.23. The molecule has 3 aliphatic carbocycles. The number of carbonyl (C=O) groups excluding carboxylic acids is 3. The molecular formula is C80H78FN19O4. The molecule has 0 unspecified atom stereocenters. The molecule has 24 heteroatoms. The molecule has 6 aliphatic heterocycles. The summed E-state index contributed by atoms with van der Waals surface area (Å²) in [4.78, 5) is 71.0. The summed E-state index contributed by atoms with van der Waals surface area (Å²) in [5.74, 6) is 5.48. The Morgan fingerprint density at radius 1 is 0.452 bits per heavy atom. The fourth-order valence-corrected chi connectivity index (χ4v) is 16.0. The van der Waals surface area contributed by atoms with Crippen molar-refractivity contribution in [2.24, 2.45) is 15.0 Å². The highest BCUT2D eigenvalue weighted by atomic mass is 19.1. The van der Waals surface area contributed by atoms with Crippen LogP contribution in [0.3, 0.4) is 0 Å². The van der Waals surface area contributed by atoms with Crippen LogP contribution in [-0.4, -0.2) is 147 Å². The zero-order valence-electron chi connectivity index (χ0n) is 58.2. The number of benzene rings is 6. The molecular weight excluding hydrogens is 1310 g/mol. The molecule has 9 aliphatic rings. The lowest BCUT2D eigenvalue weighted by molar-refractivity contribution is 0.0857. The van der Waals surface area contributed by atoms with Crippen LogP contribution in [0.4, 0.5) is 56.4 Å². The van der Waals surface area contributed by atoms with Crippen molar-refractivity contribution in [2.45, 2.75) is 121 Å². The van der Waals surface area contributed by atoms with Gasteiger partial charge in [-0.15, -0.1) is 0 Å². The summed E-state index contributed by atoms with van der Waals surface area (Å²) in [7, 11) is 5.41. The summed E-state index contributed by atoms with van der Waals surface area (Å²) >= 11 is 0. The summed E-state index contributed by atoms with van der Waals surface area (Å²) in [5, 5.41) is 35.1. The van der Waals surface area contributed by atoms with Crippen LogP contribution < -0.4 is 30.7 Å². The molecule has 524 valence electrons. The quantitative estimate of drug-likeness (QED) is 0.0586. The predicted octanol–water partition coefficient (Wildman–Crippen LogP) is 13.6. The number of aliphatic imine (C=N–C) groups is 3. The van der Waals surface area contributed by atoms with E-state index in [0.717, 1.165) is 115 Å². The van der Waals surface area contributed by atoms with Gasteiger partial charge in [-0.1, -0.05) is 146 Å². The summed E-state index contributed by atoms with van der Waals surface area (Å²) in [6.07, 6.45) is 9.71. The Morgan fingerprint density at radius 3 is 1.14 bits per heavy atom. The first-order chi connectivity index (χ1) is 50.7. The molecule has 19 rings (SSSR count). The number of fused-ring (bicyclic) bond motifs is 15. The molecule has 4 aromatic heterocycles. The number of guanidine groups is 3. The van der Waals surface area contributed by atoms with E-state index >= 15 is 0 Å². The number of aliphatic hydroxyl groups is 1. The number of halogens is 1. The molecule has 10 heterocycles. The number of hydrogen-bond donors (Lipinski definition) is 4. The number of rotatable bonds is 14. The van der Waals surface area contributed by atoms with Gasteiger partial charge in [-0.05, 0) is 130 Å². The van der Waals surface area contributed by atoms with Crippen LogP contribution in [0, 0.1) is 12.9 Å². The number of aliphatic hydroxyl groups excluding tert-OH is 1. The lowest BCUT2D eigenvalue weighted by Crippen LogP contribution is -2.51. The molecule has 4 N–H and O–H groups in total. The van der Waals surface area contributed by atoms with Crippen molar-refractivity contribution in [3.8, 4) is 11.3 Å². The largest absolute Gasteiger partial charge is 0.508 e. The number of anilines is 9. The van der Waals surface area contributed by atoms with Gasteiger partial charge in [0.1, 0.15) is 39.9 Å². The second kappa shape index (κ2) is 26.6. The molecule has 10 aromatic rings. The van der Waals surface area contributed by atoms with E-state index in [-0.39, 0.29) is 59.7 Å². The van der Waals surface area contributed by atoms with E-state index in [1.54, 1.807) is 40.9 Å². The Kier molecular flexibility index (Phi) is 16.7. The van der Waals surface area contributed by atoms with Crippen molar-refractivity contribution in [2.75, 3.05) is 51.8 Å². The third-order valence-corrected chi connectivity index (χ3v) is 21.2. The normalized spacial score (nSPS) is 20.5. The number of pyridine rings is 1. The molecule has 0 spiro atoms. The Labute approximate surface area is 601 Å². The van der Waals surface area contributed by atoms with E-state index in [0.29, 0.717) is 82.8 Å². The first-order valence-corrected chi connectivity index (χ1v) is 35.7. The zero-order valence-corrected chi connectivity index (χ0v) is 58.2. The van der Waals surface area contributed by atoms with Crippen molar-refractivity contribution >= 4 is 93.3 Å². The van der Waals surface area contributed by atoms with Gasteiger partial charge in [0.2, 0.25) is 23.8 Å². The lowest BCUT2D eigenvalue weighted by Gasteiger charge is -2.34. The molecule has 6 aromatic carbocycles. The second-order valence-corrected chi connectivity index (χ2v) is 27.9. The highest BCUT2D eigenvalue weighted by Gasteiger charge is 2.53. The highest BCUT2D eigenvalue weighted by Crippen LogP contribution is 2.47. The molecule has 3 fully saturated rings. The van der Waals surface area contributed by atoms with Crippen LogP contribution in [0.2, 0.25) is 0 Å². The van der Waals surface area contributed by atoms with Crippen LogP contribution >= 0.6 is 0 Å². The third-order valence-electron chi connectivity index (χ3n) is 21.2. The van der Waals surface area contributed by atoms with E-state index in [1.807, 2.05) is 161 Å². The van der Waals surface area contributed by atoms with E-state index in [9.17, 15) is 23.9 Å². The van der Waals surface area contributed by atoms with Gasteiger partial charge in [-0.2, -0.15) is 19.7 Å². The van der Waals surface area contributed by atoms with Gasteiger partial charge in [-0.3, -0.25) is 43.8 Å². The molecule has 0 bridgehead atoms. The smallest absolute Gasteiger partial charge is 0.267 e. The minimum atomic E-state index is -0.505. The first-order valence-electron chi connectivity index (χ1n) is 35.7. The van der Waals surface area contributed by atoms with Crippen molar-refractivity contribution < 1.29 is 23.9 Å². The summed E-state index contributed by atoms with van der Waals surface area (Å²) in [6.45, 7) is 7.16. The van der Waals surface area contributed by atoms with Gasteiger partial charge in [0.05, 0.1) is 61.6 Å². The van der Waals surface area contributed by atoms with Gasteiger partial charge >= 0.3 is 0 Å². The Balaban J connectivity index is 0.000000116. The van der Waals surface area contributed by atoms with Gasteiger partial charge in [-0.25, -0.2) is 34.0 Å². The van der Waals surface area contributed by atoms with Crippen molar-refractivity contribution in [1.29, 1.82) is 0 Å². The number of aromatic nitrogens is 7. The fraction of sp³-hybridized carbons (Fsp3) is 0.275. The lowest BCUT2D eigenvalue weighted by atomic mass is 10.1. The molecule has 6 atom stereocenters. The first kappa shape index (κ1) is 65.1. The topological polar surface area (TPSA) is 230 Å². The van der Waals surface area contributed by atoms with Crippen LogP contribution in [0.1, 0.15) is 117 Å². The van der Waals surface area contributed by atoms with Crippen LogP contribution in [0.5, 0.6) is 0 Å². The maximum Gasteiger partial charge on any atom is 0.267 e. The SMILES string of the molecule is C=C(O)c1ccc(Cn2nc3c(c2Nc2ccccc2)C(=O)N(C)C2=N[C@@H]4CCC[C@@H]4N23)cc1.CN1C(=O)c2c(nn(Cc3ccc(-c4cccc(F)n4)cc3)c2Nc2ccccc2)N2C1=N[C@@H]1CCC[C@@H]12.Cc1ccc(Cn2nc3c(c2Nc2ccccc2)C(=O)N(C)C2=N[C@@H]4CCC[C@@H]4N23)cc1. The average molecular weight is 1390 g/mol. The number of amides is 3. The molecule has 0 saturated heterocycles. The molecule has 3 amide bonds. The zero-order chi connectivity index (χ0) is 71.0. The molecule has 23 nitrogen and oxygen atoms in total. The molecule has 0 radical (unpaired) electrons.